The molecule has 96 valence electrons. The molecule has 0 fully saturated rings. The summed E-state index contributed by atoms with van der Waals surface area (Å²) in [6.45, 7) is 0. The first kappa shape index (κ1) is 12.0. The number of benzene rings is 3. The molecule has 0 spiro atoms. The predicted molar refractivity (Wildman–Crippen MR) is 88.1 cm³/mol. The number of rotatable bonds is 2. The van der Waals surface area contributed by atoms with Gasteiger partial charge in [-0.25, -0.2) is 0 Å². The fourth-order valence-electron chi connectivity index (χ4n) is 2.52. The van der Waals surface area contributed by atoms with E-state index in [9.17, 15) is 0 Å². The first-order valence-corrected chi connectivity index (χ1v) is 8.97. The van der Waals surface area contributed by atoms with Crippen LogP contribution in [0.25, 0.3) is 17.6 Å². The SMILES string of the molecule is c1ccc(Nc2cccc3c2[te]c2ccccc23)cc1. The van der Waals surface area contributed by atoms with E-state index in [0.29, 0.717) is 0 Å². The van der Waals surface area contributed by atoms with Crippen LogP contribution in [0, 0.1) is 0 Å². The molecule has 2 heteroatoms. The van der Waals surface area contributed by atoms with Crippen molar-refractivity contribution in [3.05, 3.63) is 72.8 Å². The van der Waals surface area contributed by atoms with Crippen LogP contribution in [0.2, 0.25) is 0 Å². The fourth-order valence-corrected chi connectivity index (χ4v) is 5.87. The average Bonchev–Trinajstić information content (AvgIpc) is 2.88. The van der Waals surface area contributed by atoms with Gasteiger partial charge in [-0.3, -0.25) is 0 Å². The Hall–Kier alpha value is -1.75. The Kier molecular flexibility index (Phi) is 2.99. The van der Waals surface area contributed by atoms with Gasteiger partial charge >= 0.3 is 127 Å². The molecule has 0 aliphatic carbocycles. The molecule has 1 aromatic heterocycles. The minimum absolute atomic E-state index is 0.279. The molecule has 0 aliphatic heterocycles. The zero-order valence-electron chi connectivity index (χ0n) is 10.8. The summed E-state index contributed by atoms with van der Waals surface area (Å²) in [6, 6.07) is 25.8. The zero-order valence-corrected chi connectivity index (χ0v) is 13.2. The van der Waals surface area contributed by atoms with E-state index in [1.807, 2.05) is 6.07 Å². The molecular formula is C18H13NTe. The van der Waals surface area contributed by atoms with Crippen molar-refractivity contribution in [1.29, 1.82) is 0 Å². The number of hydrogen-bond donors (Lipinski definition) is 1. The molecule has 20 heavy (non-hydrogen) atoms. The van der Waals surface area contributed by atoms with Crippen molar-refractivity contribution in [3.8, 4) is 0 Å². The second-order valence-electron chi connectivity index (χ2n) is 4.77. The molecule has 0 radical (unpaired) electrons. The van der Waals surface area contributed by atoms with Crippen LogP contribution in [-0.2, 0) is 0 Å². The van der Waals surface area contributed by atoms with Gasteiger partial charge < -0.3 is 0 Å². The molecule has 0 atom stereocenters. The van der Waals surface area contributed by atoms with E-state index in [0.717, 1.165) is 5.69 Å². The average molecular weight is 371 g/mol. The molecule has 4 aromatic rings. The molecule has 0 saturated heterocycles. The summed E-state index contributed by atoms with van der Waals surface area (Å²) in [4.78, 5) is 0. The van der Waals surface area contributed by atoms with E-state index in [-0.39, 0.29) is 20.4 Å². The maximum absolute atomic E-state index is 3.57. The van der Waals surface area contributed by atoms with Crippen LogP contribution in [0.4, 0.5) is 11.4 Å². The summed E-state index contributed by atoms with van der Waals surface area (Å²) in [6.07, 6.45) is 0. The van der Waals surface area contributed by atoms with Crippen molar-refractivity contribution in [3.63, 3.8) is 0 Å². The Morgan fingerprint density at radius 3 is 2.30 bits per heavy atom. The monoisotopic (exact) mass is 373 g/mol. The van der Waals surface area contributed by atoms with Gasteiger partial charge in [0.1, 0.15) is 0 Å². The van der Waals surface area contributed by atoms with E-state index < -0.39 is 0 Å². The molecule has 0 bridgehead atoms. The van der Waals surface area contributed by atoms with Gasteiger partial charge in [-0.15, -0.1) is 0 Å². The topological polar surface area (TPSA) is 12.0 Å². The minimum atomic E-state index is -0.279. The molecule has 4 rings (SSSR count). The van der Waals surface area contributed by atoms with Gasteiger partial charge in [0, 0.05) is 0 Å². The molecule has 0 amide bonds. The molecule has 3 aromatic carbocycles. The van der Waals surface area contributed by atoms with Gasteiger partial charge in [0.2, 0.25) is 0 Å². The van der Waals surface area contributed by atoms with Gasteiger partial charge in [-0.1, -0.05) is 0 Å². The third-order valence-electron chi connectivity index (χ3n) is 3.46. The van der Waals surface area contributed by atoms with E-state index in [4.69, 9.17) is 0 Å². The van der Waals surface area contributed by atoms with Gasteiger partial charge in [-0.05, 0) is 0 Å². The number of hydrogen-bond acceptors (Lipinski definition) is 1. The molecule has 1 heterocycles. The number of anilines is 2. The second kappa shape index (κ2) is 4.98. The van der Waals surface area contributed by atoms with Crippen LogP contribution in [0.3, 0.4) is 0 Å². The Morgan fingerprint density at radius 2 is 1.40 bits per heavy atom. The first-order valence-electron chi connectivity index (χ1n) is 6.64. The van der Waals surface area contributed by atoms with Crippen molar-refractivity contribution in [1.82, 2.24) is 0 Å². The van der Waals surface area contributed by atoms with Crippen LogP contribution < -0.4 is 5.32 Å². The molecular weight excluding hydrogens is 358 g/mol. The van der Waals surface area contributed by atoms with Crippen LogP contribution in [-0.4, -0.2) is 20.4 Å². The molecule has 0 aliphatic rings. The standard InChI is InChI=1S/C18H13NTe/c1-2-7-13(8-3-1)19-16-11-6-10-15-14-9-4-5-12-17(14)20-18(15)16/h1-12,19H. The molecule has 1 N–H and O–H groups in total. The van der Waals surface area contributed by atoms with Crippen molar-refractivity contribution >= 4 is 49.4 Å². The Bertz CT molecular complexity index is 878. The number of fused-ring (bicyclic) bond motifs is 3. The molecule has 0 saturated carbocycles. The van der Waals surface area contributed by atoms with Gasteiger partial charge in [0.05, 0.1) is 0 Å². The summed E-state index contributed by atoms with van der Waals surface area (Å²) in [5, 5.41) is 6.42. The van der Waals surface area contributed by atoms with E-state index in [1.54, 1.807) is 3.40 Å². The van der Waals surface area contributed by atoms with Crippen molar-refractivity contribution in [2.75, 3.05) is 5.32 Å². The van der Waals surface area contributed by atoms with Crippen LogP contribution in [0.1, 0.15) is 0 Å². The van der Waals surface area contributed by atoms with Gasteiger partial charge in [-0.2, -0.15) is 0 Å². The fraction of sp³-hybridized carbons (Fsp3) is 0. The molecule has 0 unspecified atom stereocenters. The van der Waals surface area contributed by atoms with E-state index in [1.165, 1.54) is 19.9 Å². The maximum atomic E-state index is 3.57. The second-order valence-corrected chi connectivity index (χ2v) is 7.77. The van der Waals surface area contributed by atoms with E-state index >= 15 is 0 Å². The summed E-state index contributed by atoms with van der Waals surface area (Å²) in [7, 11) is 0. The summed E-state index contributed by atoms with van der Waals surface area (Å²) in [5.74, 6) is 0. The van der Waals surface area contributed by atoms with Crippen LogP contribution >= 0.6 is 0 Å². The summed E-state index contributed by atoms with van der Waals surface area (Å²) >= 11 is -0.279. The molecule has 1 nitrogen and oxygen atoms in total. The Morgan fingerprint density at radius 1 is 0.650 bits per heavy atom. The van der Waals surface area contributed by atoms with Gasteiger partial charge in [0.15, 0.2) is 0 Å². The summed E-state index contributed by atoms with van der Waals surface area (Å²) < 4.78 is 3.08. The zero-order chi connectivity index (χ0) is 13.4. The third kappa shape index (κ3) is 2.02. The summed E-state index contributed by atoms with van der Waals surface area (Å²) in [5.41, 5.74) is 2.43. The third-order valence-corrected chi connectivity index (χ3v) is 6.94. The van der Waals surface area contributed by atoms with E-state index in [2.05, 4.69) is 72.0 Å². The number of para-hydroxylation sites is 1. The first-order chi connectivity index (χ1) is 9.92. The van der Waals surface area contributed by atoms with Crippen LogP contribution in [0.5, 0.6) is 0 Å². The van der Waals surface area contributed by atoms with Crippen LogP contribution in [0.15, 0.2) is 72.8 Å². The Labute approximate surface area is 127 Å². The number of nitrogens with one attached hydrogen (secondary N) is 1. The quantitative estimate of drug-likeness (QED) is 0.500. The van der Waals surface area contributed by atoms with Crippen molar-refractivity contribution in [2.45, 2.75) is 0 Å². The van der Waals surface area contributed by atoms with Gasteiger partial charge in [0.25, 0.3) is 0 Å². The predicted octanol–water partition coefficient (Wildman–Crippen LogP) is 4.79. The normalized spacial score (nSPS) is 11.0. The Balaban J connectivity index is 1.91. The van der Waals surface area contributed by atoms with Crippen molar-refractivity contribution < 1.29 is 0 Å². The van der Waals surface area contributed by atoms with Crippen molar-refractivity contribution in [2.24, 2.45) is 0 Å².